The lowest BCUT2D eigenvalue weighted by atomic mass is 10.2. The molecule has 0 bridgehead atoms. The smallest absolute Gasteiger partial charge is 0.248 e. The Bertz CT molecular complexity index is 1540. The van der Waals surface area contributed by atoms with Gasteiger partial charge in [0.25, 0.3) is 0 Å². The molecule has 1 heterocycles. The van der Waals surface area contributed by atoms with Crippen molar-refractivity contribution in [3.05, 3.63) is 131 Å². The second-order valence-electron chi connectivity index (χ2n) is 8.26. The van der Waals surface area contributed by atoms with Crippen molar-refractivity contribution in [2.75, 3.05) is 5.32 Å². The van der Waals surface area contributed by atoms with E-state index in [4.69, 9.17) is 0 Å². The Morgan fingerprint density at radius 2 is 1.50 bits per heavy atom. The standard InChI is InChI=1S/C28H22F3N3O3S/c29-23-4-1-21(2-5-23)18-34(19-22-17-24(30)6-11-27(22)31)38(36,37)26-9-7-25(8-10-26)33-28(35)12-3-20-13-15-32-16-14-20/h1-17H,18-19H2,(H,33,35)/b12-3+. The van der Waals surface area contributed by atoms with Crippen LogP contribution in [0.25, 0.3) is 6.08 Å². The normalized spacial score (nSPS) is 11.7. The van der Waals surface area contributed by atoms with Crippen molar-refractivity contribution in [2.45, 2.75) is 18.0 Å². The number of pyridine rings is 1. The fraction of sp³-hybridized carbons (Fsp3) is 0.0714. The lowest BCUT2D eigenvalue weighted by Gasteiger charge is -2.23. The van der Waals surface area contributed by atoms with E-state index in [0.717, 1.165) is 28.1 Å². The third-order valence-electron chi connectivity index (χ3n) is 5.52. The van der Waals surface area contributed by atoms with Crippen molar-refractivity contribution < 1.29 is 26.4 Å². The second kappa shape index (κ2) is 11.8. The molecule has 1 N–H and O–H groups in total. The van der Waals surface area contributed by atoms with Crippen molar-refractivity contribution in [3.63, 3.8) is 0 Å². The van der Waals surface area contributed by atoms with E-state index < -0.39 is 39.9 Å². The van der Waals surface area contributed by atoms with E-state index in [9.17, 15) is 26.4 Å². The summed E-state index contributed by atoms with van der Waals surface area (Å²) in [7, 11) is -4.21. The summed E-state index contributed by atoms with van der Waals surface area (Å²) in [6.45, 7) is -0.668. The topological polar surface area (TPSA) is 79.4 Å². The summed E-state index contributed by atoms with van der Waals surface area (Å²) in [5.74, 6) is -2.38. The molecule has 0 atom stereocenters. The molecular weight excluding hydrogens is 515 g/mol. The number of hydrogen-bond acceptors (Lipinski definition) is 4. The molecule has 0 saturated carbocycles. The van der Waals surface area contributed by atoms with E-state index in [1.807, 2.05) is 0 Å². The van der Waals surface area contributed by atoms with E-state index >= 15 is 0 Å². The van der Waals surface area contributed by atoms with Crippen LogP contribution in [0.5, 0.6) is 0 Å². The van der Waals surface area contributed by atoms with Gasteiger partial charge in [-0.05, 0) is 83.9 Å². The number of amides is 1. The molecule has 0 saturated heterocycles. The number of halogens is 3. The molecule has 38 heavy (non-hydrogen) atoms. The van der Waals surface area contributed by atoms with Gasteiger partial charge in [0, 0.05) is 42.8 Å². The van der Waals surface area contributed by atoms with E-state index in [1.165, 1.54) is 54.6 Å². The van der Waals surface area contributed by atoms with Crippen LogP contribution in [0.4, 0.5) is 18.9 Å². The number of benzene rings is 3. The fourth-order valence-corrected chi connectivity index (χ4v) is 4.97. The van der Waals surface area contributed by atoms with Gasteiger partial charge in [-0.25, -0.2) is 21.6 Å². The van der Waals surface area contributed by atoms with Crippen LogP contribution < -0.4 is 5.32 Å². The summed E-state index contributed by atoms with van der Waals surface area (Å²) in [6, 6.07) is 16.9. The van der Waals surface area contributed by atoms with Crippen LogP contribution in [-0.4, -0.2) is 23.6 Å². The van der Waals surface area contributed by atoms with Crippen molar-refractivity contribution in [1.29, 1.82) is 0 Å². The summed E-state index contributed by atoms with van der Waals surface area (Å²) in [4.78, 5) is 16.0. The van der Waals surface area contributed by atoms with Crippen molar-refractivity contribution in [3.8, 4) is 0 Å². The van der Waals surface area contributed by atoms with Gasteiger partial charge in [-0.1, -0.05) is 12.1 Å². The number of carbonyl (C=O) groups excluding carboxylic acids is 1. The lowest BCUT2D eigenvalue weighted by molar-refractivity contribution is -0.111. The third kappa shape index (κ3) is 6.93. The second-order valence-corrected chi connectivity index (χ2v) is 10.2. The van der Waals surface area contributed by atoms with E-state index in [-0.39, 0.29) is 17.0 Å². The monoisotopic (exact) mass is 537 g/mol. The number of aromatic nitrogens is 1. The van der Waals surface area contributed by atoms with E-state index in [1.54, 1.807) is 30.6 Å². The molecule has 10 heteroatoms. The molecule has 194 valence electrons. The number of rotatable bonds is 9. The van der Waals surface area contributed by atoms with Crippen molar-refractivity contribution in [1.82, 2.24) is 9.29 Å². The highest BCUT2D eigenvalue weighted by Gasteiger charge is 2.26. The van der Waals surface area contributed by atoms with E-state index in [0.29, 0.717) is 11.3 Å². The molecule has 0 aliphatic rings. The first-order valence-electron chi connectivity index (χ1n) is 11.4. The predicted octanol–water partition coefficient (Wildman–Crippen LogP) is 5.54. The number of sulfonamides is 1. The molecule has 3 aromatic carbocycles. The van der Waals surface area contributed by atoms with Gasteiger partial charge in [-0.15, -0.1) is 0 Å². The summed E-state index contributed by atoms with van der Waals surface area (Å²) in [5, 5.41) is 2.64. The summed E-state index contributed by atoms with van der Waals surface area (Å²) >= 11 is 0. The molecule has 0 fully saturated rings. The Labute approximate surface area is 218 Å². The summed E-state index contributed by atoms with van der Waals surface area (Å²) in [6.07, 6.45) is 6.13. The maximum absolute atomic E-state index is 14.4. The van der Waals surface area contributed by atoms with Gasteiger partial charge in [0.15, 0.2) is 0 Å². The maximum atomic E-state index is 14.4. The highest BCUT2D eigenvalue weighted by Crippen LogP contribution is 2.24. The predicted molar refractivity (Wildman–Crippen MR) is 138 cm³/mol. The number of carbonyl (C=O) groups is 1. The van der Waals surface area contributed by atoms with Crippen LogP contribution >= 0.6 is 0 Å². The first-order chi connectivity index (χ1) is 18.2. The van der Waals surface area contributed by atoms with Crippen molar-refractivity contribution in [2.24, 2.45) is 0 Å². The Morgan fingerprint density at radius 1 is 0.842 bits per heavy atom. The van der Waals surface area contributed by atoms with Crippen LogP contribution in [0.15, 0.2) is 102 Å². The minimum absolute atomic E-state index is 0.123. The SMILES string of the molecule is O=C(/C=C/c1ccncc1)Nc1ccc(S(=O)(=O)N(Cc2ccc(F)cc2)Cc2cc(F)ccc2F)cc1. The quantitative estimate of drug-likeness (QED) is 0.284. The molecule has 0 spiro atoms. The van der Waals surface area contributed by atoms with Crippen LogP contribution in [-0.2, 0) is 27.9 Å². The van der Waals surface area contributed by atoms with Gasteiger partial charge in [0.05, 0.1) is 4.90 Å². The number of nitrogens with zero attached hydrogens (tertiary/aromatic N) is 2. The van der Waals surface area contributed by atoms with Gasteiger partial charge in [0.2, 0.25) is 15.9 Å². The molecule has 0 aliphatic carbocycles. The van der Waals surface area contributed by atoms with Gasteiger partial charge in [0.1, 0.15) is 17.5 Å². The molecule has 1 amide bonds. The van der Waals surface area contributed by atoms with Crippen LogP contribution in [0, 0.1) is 17.5 Å². The largest absolute Gasteiger partial charge is 0.323 e. The van der Waals surface area contributed by atoms with E-state index in [2.05, 4.69) is 10.3 Å². The molecule has 1 aromatic heterocycles. The molecule has 0 radical (unpaired) electrons. The average Bonchev–Trinajstić information content (AvgIpc) is 2.91. The zero-order chi connectivity index (χ0) is 27.1. The lowest BCUT2D eigenvalue weighted by Crippen LogP contribution is -2.30. The first-order valence-corrected chi connectivity index (χ1v) is 12.8. The first kappa shape index (κ1) is 26.8. The van der Waals surface area contributed by atoms with Crippen LogP contribution in [0.3, 0.4) is 0 Å². The van der Waals surface area contributed by atoms with Crippen LogP contribution in [0.2, 0.25) is 0 Å². The number of nitrogens with one attached hydrogen (secondary N) is 1. The zero-order valence-electron chi connectivity index (χ0n) is 19.9. The molecule has 4 aromatic rings. The minimum Gasteiger partial charge on any atom is -0.323 e. The molecule has 6 nitrogen and oxygen atoms in total. The molecule has 4 rings (SSSR count). The minimum atomic E-state index is -4.21. The fourth-order valence-electron chi connectivity index (χ4n) is 3.56. The van der Waals surface area contributed by atoms with Gasteiger partial charge in [-0.3, -0.25) is 9.78 Å². The highest BCUT2D eigenvalue weighted by atomic mass is 32.2. The van der Waals surface area contributed by atoms with Crippen LogP contribution in [0.1, 0.15) is 16.7 Å². The van der Waals surface area contributed by atoms with Gasteiger partial charge >= 0.3 is 0 Å². The summed E-state index contributed by atoms with van der Waals surface area (Å²) in [5.41, 5.74) is 1.44. The molecule has 0 aliphatic heterocycles. The Morgan fingerprint density at radius 3 is 2.18 bits per heavy atom. The molecule has 0 unspecified atom stereocenters. The summed E-state index contributed by atoms with van der Waals surface area (Å²) < 4.78 is 69.5. The van der Waals surface area contributed by atoms with Gasteiger partial charge < -0.3 is 5.32 Å². The number of anilines is 1. The Kier molecular flexibility index (Phi) is 8.35. The molecular formula is C28H22F3N3O3S. The highest BCUT2D eigenvalue weighted by molar-refractivity contribution is 7.89. The Hall–Kier alpha value is -4.28. The van der Waals surface area contributed by atoms with Crippen molar-refractivity contribution >= 4 is 27.7 Å². The maximum Gasteiger partial charge on any atom is 0.248 e. The third-order valence-corrected chi connectivity index (χ3v) is 7.33. The zero-order valence-corrected chi connectivity index (χ0v) is 20.7. The number of hydrogen-bond donors (Lipinski definition) is 1. The van der Waals surface area contributed by atoms with Gasteiger partial charge in [-0.2, -0.15) is 4.31 Å². The average molecular weight is 538 g/mol. The Balaban J connectivity index is 1.55.